The minimum Gasteiger partial charge on any atom is -0.368 e. The van der Waals surface area contributed by atoms with Crippen molar-refractivity contribution in [1.82, 2.24) is 24.7 Å². The topological polar surface area (TPSA) is 82.5 Å². The lowest BCUT2D eigenvalue weighted by atomic mass is 10.1. The first-order valence-corrected chi connectivity index (χ1v) is 6.53. The van der Waals surface area contributed by atoms with E-state index in [9.17, 15) is 0 Å². The Balaban J connectivity index is 2.10. The van der Waals surface area contributed by atoms with Crippen LogP contribution in [0.2, 0.25) is 0 Å². The fraction of sp³-hybridized carbons (Fsp3) is 0.0667. The van der Waals surface area contributed by atoms with E-state index in [-0.39, 0.29) is 5.95 Å². The van der Waals surface area contributed by atoms with Gasteiger partial charge in [-0.15, -0.1) is 0 Å². The van der Waals surface area contributed by atoms with Crippen molar-refractivity contribution in [2.45, 2.75) is 0 Å². The molecule has 0 aliphatic rings. The molecule has 0 aliphatic carbocycles. The predicted octanol–water partition coefficient (Wildman–Crippen LogP) is 2.16. The van der Waals surface area contributed by atoms with E-state index in [1.807, 2.05) is 37.4 Å². The van der Waals surface area contributed by atoms with E-state index in [1.165, 1.54) is 0 Å². The monoisotopic (exact) mass is 276 g/mol. The first-order valence-electron chi connectivity index (χ1n) is 6.53. The minimum absolute atomic E-state index is 0.244. The third kappa shape index (κ3) is 1.73. The molecule has 6 nitrogen and oxygen atoms in total. The Morgan fingerprint density at radius 2 is 1.95 bits per heavy atom. The summed E-state index contributed by atoms with van der Waals surface area (Å²) >= 11 is 0. The average Bonchev–Trinajstić information content (AvgIpc) is 2.83. The zero-order valence-corrected chi connectivity index (χ0v) is 11.4. The molecule has 4 rings (SSSR count). The summed E-state index contributed by atoms with van der Waals surface area (Å²) in [5.74, 6) is 0.244. The molecule has 0 amide bonds. The largest absolute Gasteiger partial charge is 0.368 e. The van der Waals surface area contributed by atoms with Gasteiger partial charge in [-0.1, -0.05) is 24.3 Å². The molecule has 0 atom stereocenters. The Morgan fingerprint density at radius 1 is 1.10 bits per heavy atom. The Morgan fingerprint density at radius 3 is 2.86 bits per heavy atom. The van der Waals surface area contributed by atoms with E-state index in [2.05, 4.69) is 20.1 Å². The van der Waals surface area contributed by atoms with Gasteiger partial charge < -0.3 is 5.73 Å². The van der Waals surface area contributed by atoms with E-state index in [0.29, 0.717) is 5.65 Å². The summed E-state index contributed by atoms with van der Waals surface area (Å²) in [6.45, 7) is 0. The second-order valence-electron chi connectivity index (χ2n) is 4.82. The number of hydrogen-bond donors (Lipinski definition) is 1. The summed E-state index contributed by atoms with van der Waals surface area (Å²) in [6.07, 6.45) is 3.49. The van der Waals surface area contributed by atoms with Crippen LogP contribution in [0, 0.1) is 0 Å². The van der Waals surface area contributed by atoms with Crippen LogP contribution in [-0.2, 0) is 7.05 Å². The van der Waals surface area contributed by atoms with Crippen LogP contribution in [0.3, 0.4) is 0 Å². The standard InChI is InChI=1S/C15H12N6/c1-21-14-11(8-18-15(16)19-14)13(20-21)10-6-2-4-9-5-3-7-17-12(9)10/h2-8H,1H3,(H2,16,18,19). The van der Waals surface area contributed by atoms with E-state index in [1.54, 1.807) is 17.1 Å². The average molecular weight is 276 g/mol. The summed E-state index contributed by atoms with van der Waals surface area (Å²) in [4.78, 5) is 12.8. The maximum atomic E-state index is 5.66. The van der Waals surface area contributed by atoms with Crippen LogP contribution in [-0.4, -0.2) is 24.7 Å². The van der Waals surface area contributed by atoms with Crippen molar-refractivity contribution in [1.29, 1.82) is 0 Å². The molecule has 0 spiro atoms. The van der Waals surface area contributed by atoms with Crippen molar-refractivity contribution in [3.05, 3.63) is 42.7 Å². The molecule has 0 saturated carbocycles. The highest BCUT2D eigenvalue weighted by atomic mass is 15.3. The number of nitrogens with zero attached hydrogens (tertiary/aromatic N) is 5. The van der Waals surface area contributed by atoms with Crippen LogP contribution in [0.15, 0.2) is 42.7 Å². The fourth-order valence-electron chi connectivity index (χ4n) is 2.55. The molecule has 0 saturated heterocycles. The van der Waals surface area contributed by atoms with Gasteiger partial charge in [0.25, 0.3) is 0 Å². The van der Waals surface area contributed by atoms with Gasteiger partial charge >= 0.3 is 0 Å². The van der Waals surface area contributed by atoms with Gasteiger partial charge in [-0.2, -0.15) is 10.1 Å². The van der Waals surface area contributed by atoms with Gasteiger partial charge in [0.2, 0.25) is 5.95 Å². The Labute approximate surface area is 120 Å². The lowest BCUT2D eigenvalue weighted by Gasteiger charge is -2.03. The highest BCUT2D eigenvalue weighted by Crippen LogP contribution is 2.30. The molecule has 4 aromatic rings. The van der Waals surface area contributed by atoms with Gasteiger partial charge in [-0.05, 0) is 6.07 Å². The van der Waals surface area contributed by atoms with Crippen molar-refractivity contribution < 1.29 is 0 Å². The summed E-state index contributed by atoms with van der Waals surface area (Å²) in [5.41, 5.74) is 9.06. The lowest BCUT2D eigenvalue weighted by Crippen LogP contribution is -1.97. The summed E-state index contributed by atoms with van der Waals surface area (Å²) in [5, 5.41) is 6.51. The van der Waals surface area contributed by atoms with E-state index >= 15 is 0 Å². The molecule has 3 aromatic heterocycles. The number of para-hydroxylation sites is 1. The van der Waals surface area contributed by atoms with E-state index in [4.69, 9.17) is 5.73 Å². The zero-order chi connectivity index (χ0) is 14.4. The minimum atomic E-state index is 0.244. The van der Waals surface area contributed by atoms with Crippen LogP contribution in [0.25, 0.3) is 33.2 Å². The van der Waals surface area contributed by atoms with E-state index in [0.717, 1.165) is 27.5 Å². The molecule has 102 valence electrons. The number of nitrogen functional groups attached to an aromatic ring is 1. The third-order valence-electron chi connectivity index (χ3n) is 3.49. The number of fused-ring (bicyclic) bond motifs is 2. The van der Waals surface area contributed by atoms with Gasteiger partial charge in [0.05, 0.1) is 10.9 Å². The van der Waals surface area contributed by atoms with Crippen LogP contribution in [0.4, 0.5) is 5.95 Å². The highest BCUT2D eigenvalue weighted by molar-refractivity contribution is 6.00. The first-order chi connectivity index (χ1) is 10.2. The zero-order valence-electron chi connectivity index (χ0n) is 11.4. The normalized spacial score (nSPS) is 11.3. The lowest BCUT2D eigenvalue weighted by molar-refractivity contribution is 0.789. The molecule has 21 heavy (non-hydrogen) atoms. The maximum Gasteiger partial charge on any atom is 0.222 e. The van der Waals surface area contributed by atoms with Crippen LogP contribution in [0.5, 0.6) is 0 Å². The third-order valence-corrected chi connectivity index (χ3v) is 3.49. The smallest absolute Gasteiger partial charge is 0.222 e. The fourth-order valence-corrected chi connectivity index (χ4v) is 2.55. The second-order valence-corrected chi connectivity index (χ2v) is 4.82. The number of hydrogen-bond acceptors (Lipinski definition) is 5. The molecule has 3 heterocycles. The second kappa shape index (κ2) is 4.24. The molecule has 2 N–H and O–H groups in total. The van der Waals surface area contributed by atoms with Crippen LogP contribution >= 0.6 is 0 Å². The van der Waals surface area contributed by atoms with Crippen molar-refractivity contribution in [2.75, 3.05) is 5.73 Å². The van der Waals surface area contributed by atoms with Crippen LogP contribution in [0.1, 0.15) is 0 Å². The molecule has 0 fully saturated rings. The SMILES string of the molecule is Cn1nc(-c2cccc3cccnc23)c2cnc(N)nc21. The molecular weight excluding hydrogens is 264 g/mol. The van der Waals surface area contributed by atoms with Crippen molar-refractivity contribution >= 4 is 27.9 Å². The molecule has 0 aliphatic heterocycles. The Bertz CT molecular complexity index is 967. The molecule has 1 aromatic carbocycles. The van der Waals surface area contributed by atoms with Gasteiger partial charge in [-0.25, -0.2) is 9.67 Å². The quantitative estimate of drug-likeness (QED) is 0.576. The number of benzene rings is 1. The number of aryl methyl sites for hydroxylation is 1. The van der Waals surface area contributed by atoms with Crippen LogP contribution < -0.4 is 5.73 Å². The Hall–Kier alpha value is -3.02. The predicted molar refractivity (Wildman–Crippen MR) is 81.5 cm³/mol. The molecule has 6 heteroatoms. The molecule has 0 unspecified atom stereocenters. The van der Waals surface area contributed by atoms with Gasteiger partial charge in [-0.3, -0.25) is 4.98 Å². The van der Waals surface area contributed by atoms with Crippen molar-refractivity contribution in [2.24, 2.45) is 7.05 Å². The van der Waals surface area contributed by atoms with Gasteiger partial charge in [0, 0.05) is 30.4 Å². The number of nitrogens with two attached hydrogens (primary N) is 1. The number of aromatic nitrogens is 5. The summed E-state index contributed by atoms with van der Waals surface area (Å²) in [7, 11) is 1.84. The number of rotatable bonds is 1. The van der Waals surface area contributed by atoms with Gasteiger partial charge in [0.15, 0.2) is 5.65 Å². The number of pyridine rings is 1. The molecule has 0 radical (unpaired) electrons. The summed E-state index contributed by atoms with van der Waals surface area (Å²) < 4.78 is 1.71. The highest BCUT2D eigenvalue weighted by Gasteiger charge is 2.15. The number of anilines is 1. The van der Waals surface area contributed by atoms with Crippen molar-refractivity contribution in [3.8, 4) is 11.3 Å². The molecule has 0 bridgehead atoms. The van der Waals surface area contributed by atoms with E-state index < -0.39 is 0 Å². The van der Waals surface area contributed by atoms with Crippen molar-refractivity contribution in [3.63, 3.8) is 0 Å². The maximum absolute atomic E-state index is 5.66. The molecular formula is C15H12N6. The van der Waals surface area contributed by atoms with Gasteiger partial charge in [0.1, 0.15) is 5.69 Å². The Kier molecular flexibility index (Phi) is 2.38. The summed E-state index contributed by atoms with van der Waals surface area (Å²) in [6, 6.07) is 9.99. The first kappa shape index (κ1) is 11.8.